The fourth-order valence-electron chi connectivity index (χ4n) is 7.89. The molecule has 0 radical (unpaired) electrons. The molecule has 2 saturated carbocycles. The molecule has 1 saturated heterocycles. The van der Waals surface area contributed by atoms with Gasteiger partial charge in [-0.05, 0) is 82.0 Å². The molecule has 11 heteroatoms. The molecule has 1 aliphatic heterocycles. The highest BCUT2D eigenvalue weighted by Crippen LogP contribution is 2.52. The second kappa shape index (κ2) is 10.3. The van der Waals surface area contributed by atoms with Crippen molar-refractivity contribution >= 4 is 29.0 Å². The molecule has 2 unspecified atom stereocenters. The minimum absolute atomic E-state index is 0.00676. The molecule has 4 aliphatic rings. The number of nitrogens with two attached hydrogens (primary N) is 1. The van der Waals surface area contributed by atoms with Crippen molar-refractivity contribution in [2.24, 2.45) is 29.4 Å². The first-order chi connectivity index (χ1) is 20.0. The highest BCUT2D eigenvalue weighted by atomic mass is 16.3. The number of likely N-dealkylation sites (N-methyl/N-ethyl adjacent to an activating group) is 1. The Kier molecular flexibility index (Phi) is 6.94. The van der Waals surface area contributed by atoms with Crippen molar-refractivity contribution in [1.82, 2.24) is 9.80 Å². The maximum atomic E-state index is 14.3. The molecule has 2 aromatic rings. The Morgan fingerprint density at radius 1 is 1.14 bits per heavy atom. The Balaban J connectivity index is 1.48. The van der Waals surface area contributed by atoms with Gasteiger partial charge in [-0.1, -0.05) is 6.42 Å². The summed E-state index contributed by atoms with van der Waals surface area (Å²) in [6, 6.07) is 2.41. The third-order valence-electron chi connectivity index (χ3n) is 9.83. The van der Waals surface area contributed by atoms with Gasteiger partial charge in [0.05, 0.1) is 30.0 Å². The van der Waals surface area contributed by atoms with E-state index in [1.807, 2.05) is 6.07 Å². The number of benzene rings is 1. The van der Waals surface area contributed by atoms with E-state index < -0.39 is 64.4 Å². The van der Waals surface area contributed by atoms with Gasteiger partial charge in [0.25, 0.3) is 0 Å². The number of primary amides is 1. The second-order valence-electron chi connectivity index (χ2n) is 12.4. The van der Waals surface area contributed by atoms with Gasteiger partial charge < -0.3 is 20.4 Å². The number of carbonyl (C=O) groups is 5. The summed E-state index contributed by atoms with van der Waals surface area (Å²) in [5.74, 6) is -10.5. The van der Waals surface area contributed by atoms with E-state index in [2.05, 4.69) is 4.90 Å². The average molecular weight is 578 g/mol. The Morgan fingerprint density at radius 3 is 2.48 bits per heavy atom. The number of rotatable bonds is 5. The van der Waals surface area contributed by atoms with E-state index in [4.69, 9.17) is 10.2 Å². The van der Waals surface area contributed by atoms with Gasteiger partial charge >= 0.3 is 0 Å². The van der Waals surface area contributed by atoms with Gasteiger partial charge in [0.15, 0.2) is 34.7 Å². The molecule has 11 nitrogen and oxygen atoms in total. The number of aliphatic hydroxyl groups is 1. The first-order valence-electron chi connectivity index (χ1n) is 14.4. The molecule has 42 heavy (non-hydrogen) atoms. The van der Waals surface area contributed by atoms with E-state index in [0.29, 0.717) is 23.2 Å². The molecular formula is C31H35N3O8. The van der Waals surface area contributed by atoms with Gasteiger partial charge in [-0.25, -0.2) is 0 Å². The Labute approximate surface area is 242 Å². The van der Waals surface area contributed by atoms with Crippen LogP contribution in [0.3, 0.4) is 0 Å². The number of phenols is 1. The largest absolute Gasteiger partial charge is 0.507 e. The molecule has 6 atom stereocenters. The van der Waals surface area contributed by atoms with Gasteiger partial charge in [0.2, 0.25) is 5.91 Å². The van der Waals surface area contributed by atoms with Crippen molar-refractivity contribution in [1.29, 1.82) is 0 Å². The molecule has 3 fully saturated rings. The second-order valence-corrected chi connectivity index (χ2v) is 12.4. The highest BCUT2D eigenvalue weighted by Gasteiger charge is 2.69. The van der Waals surface area contributed by atoms with Crippen molar-refractivity contribution in [2.75, 3.05) is 27.2 Å². The summed E-state index contributed by atoms with van der Waals surface area (Å²) < 4.78 is 5.24. The molecule has 1 aromatic heterocycles. The quantitative estimate of drug-likeness (QED) is 0.437. The SMILES string of the molecule is CN(C)[C@H]1C(=O)C(C(N)=O)C(=O)[C@]2(O)C(=O)C3C(=O)c4c(O)c(-c5ccoc5)cc(CN5CCCCC5)c4C[C@@H]3C[C@H]12. The number of ketones is 4. The number of piperidine rings is 1. The number of phenolic OH excluding ortho intramolecular Hbond substituents is 1. The minimum atomic E-state index is -2.74. The average Bonchev–Trinajstić information content (AvgIpc) is 3.47. The van der Waals surface area contributed by atoms with Gasteiger partial charge in [0.1, 0.15) is 5.75 Å². The predicted octanol–water partition coefficient (Wildman–Crippen LogP) is 1.11. The van der Waals surface area contributed by atoms with Crippen LogP contribution in [0.5, 0.6) is 5.75 Å². The third kappa shape index (κ3) is 4.09. The van der Waals surface area contributed by atoms with Gasteiger partial charge in [-0.2, -0.15) is 0 Å². The first kappa shape index (κ1) is 28.4. The summed E-state index contributed by atoms with van der Waals surface area (Å²) in [6.07, 6.45) is 6.47. The number of fused-ring (bicyclic) bond motifs is 3. The lowest BCUT2D eigenvalue weighted by Crippen LogP contribution is -2.74. The topological polar surface area (TPSA) is 171 Å². The number of carbonyl (C=O) groups excluding carboxylic acids is 5. The number of amides is 1. The van der Waals surface area contributed by atoms with E-state index in [1.165, 1.54) is 17.4 Å². The fraction of sp³-hybridized carbons (Fsp3) is 0.516. The third-order valence-corrected chi connectivity index (χ3v) is 9.83. The van der Waals surface area contributed by atoms with Crippen LogP contribution in [0.1, 0.15) is 47.2 Å². The number of hydrogen-bond donors (Lipinski definition) is 3. The molecule has 222 valence electrons. The van der Waals surface area contributed by atoms with Crippen LogP contribution in [0.4, 0.5) is 0 Å². The van der Waals surface area contributed by atoms with Crippen molar-refractivity contribution in [2.45, 2.75) is 50.3 Å². The van der Waals surface area contributed by atoms with Crippen molar-refractivity contribution in [3.8, 4) is 16.9 Å². The van der Waals surface area contributed by atoms with Crippen LogP contribution < -0.4 is 5.73 Å². The number of aromatic hydroxyl groups is 1. The molecule has 3 aliphatic carbocycles. The standard InChI is InChI=1S/C31H35N3O8/c1-33(2)24-20-12-16-10-18-17(13-34-7-4-3-5-8-34)11-19(15-6-9-42-14-15)25(35)22(18)26(36)21(16)28(38)31(20,41)29(39)23(27(24)37)30(32)40/h6,9,11,14,16,20-21,23-24,35,41H,3-5,7-8,10,12-13H2,1-2H3,(H2,32,40)/t16-,20-,21?,23?,24-,31-/m1/s1. The smallest absolute Gasteiger partial charge is 0.235 e. The summed E-state index contributed by atoms with van der Waals surface area (Å²) in [5, 5.41) is 23.3. The van der Waals surface area contributed by atoms with E-state index in [1.54, 1.807) is 20.2 Å². The number of furan rings is 1. The lowest BCUT2D eigenvalue weighted by atomic mass is 9.52. The predicted molar refractivity (Wildman–Crippen MR) is 148 cm³/mol. The minimum Gasteiger partial charge on any atom is -0.507 e. The number of nitrogens with zero attached hydrogens (tertiary/aromatic N) is 2. The van der Waals surface area contributed by atoms with Crippen LogP contribution in [0.2, 0.25) is 0 Å². The lowest BCUT2D eigenvalue weighted by molar-refractivity contribution is -0.181. The molecule has 6 rings (SSSR count). The van der Waals surface area contributed by atoms with Crippen LogP contribution in [0.25, 0.3) is 11.1 Å². The summed E-state index contributed by atoms with van der Waals surface area (Å²) in [7, 11) is 3.14. The maximum absolute atomic E-state index is 14.3. The first-order valence-corrected chi connectivity index (χ1v) is 14.4. The van der Waals surface area contributed by atoms with Crippen molar-refractivity contribution < 1.29 is 38.6 Å². The summed E-state index contributed by atoms with van der Waals surface area (Å²) in [6.45, 7) is 2.36. The normalized spacial score (nSPS) is 31.6. The summed E-state index contributed by atoms with van der Waals surface area (Å²) >= 11 is 0. The number of Topliss-reactive ketones (excluding diaryl/α,β-unsaturated/α-hetero) is 4. The highest BCUT2D eigenvalue weighted by molar-refractivity contribution is 6.32. The van der Waals surface area contributed by atoms with E-state index in [9.17, 15) is 34.2 Å². The van der Waals surface area contributed by atoms with Gasteiger partial charge in [0, 0.05) is 23.6 Å². The Bertz CT molecular complexity index is 1490. The van der Waals surface area contributed by atoms with Gasteiger partial charge in [-0.3, -0.25) is 33.8 Å². The van der Waals surface area contributed by atoms with Crippen molar-refractivity contribution in [3.63, 3.8) is 0 Å². The lowest BCUT2D eigenvalue weighted by Gasteiger charge is -2.52. The van der Waals surface area contributed by atoms with Gasteiger partial charge in [-0.15, -0.1) is 0 Å². The monoisotopic (exact) mass is 577 g/mol. The van der Waals surface area contributed by atoms with Crippen LogP contribution in [-0.4, -0.2) is 87.9 Å². The van der Waals surface area contributed by atoms with Crippen LogP contribution in [0, 0.1) is 23.7 Å². The zero-order chi connectivity index (χ0) is 30.1. The Hall–Kier alpha value is -3.67. The van der Waals surface area contributed by atoms with Crippen LogP contribution >= 0.6 is 0 Å². The zero-order valence-electron chi connectivity index (χ0n) is 23.7. The molecule has 1 amide bonds. The van der Waals surface area contributed by atoms with E-state index >= 15 is 0 Å². The number of likely N-dealkylation sites (tertiary alicyclic amines) is 1. The maximum Gasteiger partial charge on any atom is 0.235 e. The number of hydrogen-bond acceptors (Lipinski definition) is 10. The molecular weight excluding hydrogens is 542 g/mol. The van der Waals surface area contributed by atoms with E-state index in [0.717, 1.165) is 37.9 Å². The van der Waals surface area contributed by atoms with Crippen LogP contribution in [0.15, 0.2) is 29.1 Å². The molecule has 1 aromatic carbocycles. The zero-order valence-corrected chi connectivity index (χ0v) is 23.7. The summed E-state index contributed by atoms with van der Waals surface area (Å²) in [4.78, 5) is 71.2. The van der Waals surface area contributed by atoms with E-state index in [-0.39, 0.29) is 24.2 Å². The summed E-state index contributed by atoms with van der Waals surface area (Å²) in [5.41, 5.74) is 5.12. The van der Waals surface area contributed by atoms with Crippen molar-refractivity contribution in [3.05, 3.63) is 41.3 Å². The molecule has 0 spiro atoms. The Morgan fingerprint density at radius 2 is 1.86 bits per heavy atom. The molecule has 4 N–H and O–H groups in total. The van der Waals surface area contributed by atoms with Crippen LogP contribution in [-0.2, 0) is 32.1 Å². The molecule has 2 heterocycles. The molecule has 0 bridgehead atoms. The fourth-order valence-corrected chi connectivity index (χ4v) is 7.89.